The number of aliphatic carboxylic acids is 1. The Morgan fingerprint density at radius 3 is 2.26 bits per heavy atom. The SMILES string of the molecule is C=S(=O)(O)c1ccc2c(c1)C(C)(CCCS(=O)O)\C(=C/C=C/C=C/C=C/C1=[N+](CCCCCC(=O)O)c3ccc(S(=O)(=O)O)cc3C1(C)CCOC)N2. The molecule has 0 saturated heterocycles. The molecule has 4 unspecified atom stereocenters. The van der Waals surface area contributed by atoms with E-state index in [-0.39, 0.29) is 22.0 Å². The van der Waals surface area contributed by atoms with Crippen LogP contribution in [0.2, 0.25) is 0 Å². The second-order valence-electron chi connectivity index (χ2n) is 13.6. The lowest BCUT2D eigenvalue weighted by Crippen LogP contribution is -2.33. The van der Waals surface area contributed by atoms with Gasteiger partial charge in [-0.25, -0.2) is 8.42 Å². The Bertz CT molecular complexity index is 2100. The van der Waals surface area contributed by atoms with Gasteiger partial charge in [-0.05, 0) is 93.8 Å². The van der Waals surface area contributed by atoms with E-state index in [0.717, 1.165) is 33.9 Å². The van der Waals surface area contributed by atoms with E-state index < -0.39 is 47.8 Å². The van der Waals surface area contributed by atoms with Crippen LogP contribution in [0.5, 0.6) is 0 Å². The minimum absolute atomic E-state index is 0.0868. The number of rotatable bonds is 19. The molecule has 0 amide bonds. The highest BCUT2D eigenvalue weighted by atomic mass is 32.2. The molecule has 2 aromatic rings. The zero-order valence-corrected chi connectivity index (χ0v) is 32.6. The van der Waals surface area contributed by atoms with Gasteiger partial charge in [0.2, 0.25) is 5.69 Å². The first-order valence-corrected chi connectivity index (χ1v) is 21.6. The highest BCUT2D eigenvalue weighted by Crippen LogP contribution is 2.47. The molecule has 2 aromatic carbocycles. The van der Waals surface area contributed by atoms with Crippen molar-refractivity contribution < 1.29 is 49.7 Å². The number of allylic oxidation sites excluding steroid dienone is 8. The summed E-state index contributed by atoms with van der Waals surface area (Å²) >= 11 is -1.94. The number of nitrogens with one attached hydrogen (secondary N) is 1. The third kappa shape index (κ3) is 10.3. The van der Waals surface area contributed by atoms with Gasteiger partial charge in [0.25, 0.3) is 10.1 Å². The summed E-state index contributed by atoms with van der Waals surface area (Å²) < 4.78 is 84.7. The molecule has 2 heterocycles. The predicted molar refractivity (Wildman–Crippen MR) is 210 cm³/mol. The lowest BCUT2D eigenvalue weighted by Gasteiger charge is -2.26. The summed E-state index contributed by atoms with van der Waals surface area (Å²) in [5.74, 6) is 2.66. The Hall–Kier alpha value is -3.70. The quantitative estimate of drug-likeness (QED) is 0.0262. The standard InChI is InChI=1S/C38H48N2O10S3/c1-37(21-13-25-51(43)44)30-26-28(52(4,45)46)17-19-32(30)39-34(37)14-9-6-5-7-10-15-35-38(2,22-24-50-3)31-27-29(53(47,48)49)18-20-33(31)40(35)23-12-8-11-16-36(41)42/h5-7,9-10,14-15,17-20,26-27H,4,8,11-13,16,21-25H2,1-3H3,(H4,41,42,43,44,45,46,47,48,49)/p+1. The van der Waals surface area contributed by atoms with E-state index in [1.165, 1.54) is 12.1 Å². The average Bonchev–Trinajstić information content (AvgIpc) is 3.48. The molecule has 5 N–H and O–H groups in total. The molecule has 0 aliphatic carbocycles. The number of ether oxygens (including phenoxy) is 1. The van der Waals surface area contributed by atoms with Crippen LogP contribution in [0.15, 0.2) is 94.4 Å². The first-order valence-electron chi connectivity index (χ1n) is 17.2. The van der Waals surface area contributed by atoms with Crippen LogP contribution in [-0.2, 0) is 51.4 Å². The van der Waals surface area contributed by atoms with Crippen molar-refractivity contribution in [3.63, 3.8) is 0 Å². The number of hydrogen-bond donors (Lipinski definition) is 5. The number of carboxylic acid groups (broad SMARTS) is 1. The van der Waals surface area contributed by atoms with Gasteiger partial charge in [-0.2, -0.15) is 13.0 Å². The summed E-state index contributed by atoms with van der Waals surface area (Å²) in [5.41, 5.74) is 3.61. The minimum atomic E-state index is -4.44. The number of unbranched alkanes of at least 4 members (excludes halogenated alkanes) is 2. The van der Waals surface area contributed by atoms with E-state index in [2.05, 4.69) is 15.8 Å². The van der Waals surface area contributed by atoms with Gasteiger partial charge in [-0.3, -0.25) is 9.35 Å². The fourth-order valence-corrected chi connectivity index (χ4v) is 8.46. The summed E-state index contributed by atoms with van der Waals surface area (Å²) in [6.07, 6.45) is 16.8. The Kier molecular flexibility index (Phi) is 14.0. The highest BCUT2D eigenvalue weighted by Gasteiger charge is 2.48. The van der Waals surface area contributed by atoms with Crippen molar-refractivity contribution in [1.29, 1.82) is 0 Å². The molecule has 0 fully saturated rings. The van der Waals surface area contributed by atoms with Crippen molar-refractivity contribution in [3.05, 3.63) is 95.8 Å². The van der Waals surface area contributed by atoms with Gasteiger partial charge in [-0.15, -0.1) is 0 Å². The molecule has 0 aromatic heterocycles. The molecular weight excluding hydrogens is 741 g/mol. The molecule has 2 aliphatic rings. The summed E-state index contributed by atoms with van der Waals surface area (Å²) in [6.45, 7) is 4.97. The average molecular weight is 790 g/mol. The van der Waals surface area contributed by atoms with Gasteiger partial charge in [0.15, 0.2) is 16.8 Å². The number of carboxylic acids is 1. The summed E-state index contributed by atoms with van der Waals surface area (Å²) in [5, 5.41) is 12.5. The zero-order chi connectivity index (χ0) is 39.0. The first-order chi connectivity index (χ1) is 24.9. The summed E-state index contributed by atoms with van der Waals surface area (Å²) in [7, 11) is -6.29. The number of carbonyl (C=O) groups is 1. The van der Waals surface area contributed by atoms with Gasteiger partial charge in [0.05, 0.1) is 15.2 Å². The zero-order valence-electron chi connectivity index (χ0n) is 30.2. The van der Waals surface area contributed by atoms with Gasteiger partial charge in [-0.1, -0.05) is 30.4 Å². The molecule has 53 heavy (non-hydrogen) atoms. The third-order valence-electron chi connectivity index (χ3n) is 9.86. The molecule has 2 aliphatic heterocycles. The monoisotopic (exact) mass is 789 g/mol. The van der Waals surface area contributed by atoms with Crippen molar-refractivity contribution in [2.24, 2.45) is 0 Å². The van der Waals surface area contributed by atoms with Crippen molar-refractivity contribution in [3.8, 4) is 0 Å². The Morgan fingerprint density at radius 2 is 1.60 bits per heavy atom. The molecule has 0 spiro atoms. The van der Waals surface area contributed by atoms with Crippen molar-refractivity contribution in [1.82, 2.24) is 0 Å². The largest absolute Gasteiger partial charge is 0.481 e. The Balaban J connectivity index is 1.62. The Labute approximate surface area is 314 Å². The van der Waals surface area contributed by atoms with Crippen LogP contribution in [0.3, 0.4) is 0 Å². The lowest BCUT2D eigenvalue weighted by molar-refractivity contribution is -0.438. The fraction of sp³-hybridized carbons (Fsp3) is 0.395. The molecule has 15 heteroatoms. The van der Waals surface area contributed by atoms with Crippen LogP contribution in [0, 0.1) is 0 Å². The molecule has 288 valence electrons. The maximum absolute atomic E-state index is 12.3. The predicted octanol–water partition coefficient (Wildman–Crippen LogP) is 6.46. The van der Waals surface area contributed by atoms with E-state index in [1.54, 1.807) is 31.4 Å². The van der Waals surface area contributed by atoms with Crippen LogP contribution < -0.4 is 5.32 Å². The van der Waals surface area contributed by atoms with Crippen molar-refractivity contribution in [2.45, 2.75) is 79.4 Å². The van der Waals surface area contributed by atoms with Crippen LogP contribution in [0.1, 0.15) is 69.9 Å². The van der Waals surface area contributed by atoms with Crippen molar-refractivity contribution in [2.75, 3.05) is 31.3 Å². The van der Waals surface area contributed by atoms with E-state index >= 15 is 0 Å². The van der Waals surface area contributed by atoms with E-state index in [1.807, 2.05) is 56.4 Å². The molecule has 0 saturated carbocycles. The van der Waals surface area contributed by atoms with Crippen LogP contribution in [0.25, 0.3) is 0 Å². The number of nitrogens with zero attached hydrogens (tertiary/aromatic N) is 1. The highest BCUT2D eigenvalue weighted by molar-refractivity contribution is 7.95. The van der Waals surface area contributed by atoms with Gasteiger partial charge in [0, 0.05) is 66.8 Å². The molecule has 0 radical (unpaired) electrons. The molecule has 4 atom stereocenters. The number of benzene rings is 2. The second kappa shape index (κ2) is 17.6. The fourth-order valence-electron chi connectivity index (χ4n) is 6.98. The third-order valence-corrected chi connectivity index (χ3v) is 12.3. The molecule has 0 bridgehead atoms. The van der Waals surface area contributed by atoms with Gasteiger partial charge in [0.1, 0.15) is 16.3 Å². The maximum atomic E-state index is 12.3. The second-order valence-corrected chi connectivity index (χ2v) is 17.8. The number of methoxy groups -OCH3 is 1. The van der Waals surface area contributed by atoms with Crippen LogP contribution in [-0.4, -0.2) is 83.7 Å². The molecular formula is C38H49N2O10S3+. The normalized spacial score (nSPS) is 22.5. The topological polar surface area (TPSA) is 191 Å². The minimum Gasteiger partial charge on any atom is -0.481 e. The number of fused-ring (bicyclic) bond motifs is 2. The summed E-state index contributed by atoms with van der Waals surface area (Å²) in [6, 6.07) is 9.57. The van der Waals surface area contributed by atoms with E-state index in [0.29, 0.717) is 51.7 Å². The van der Waals surface area contributed by atoms with Crippen LogP contribution in [0.4, 0.5) is 11.4 Å². The Morgan fingerprint density at radius 1 is 0.925 bits per heavy atom. The van der Waals surface area contributed by atoms with E-state index in [4.69, 9.17) is 9.84 Å². The maximum Gasteiger partial charge on any atom is 0.303 e. The molecule has 4 rings (SSSR count). The molecule has 12 nitrogen and oxygen atoms in total. The number of anilines is 1. The first kappa shape index (κ1) is 42.0. The van der Waals surface area contributed by atoms with Gasteiger partial charge < -0.3 is 24.3 Å². The van der Waals surface area contributed by atoms with E-state index in [9.17, 15) is 35.3 Å². The smallest absolute Gasteiger partial charge is 0.303 e. The van der Waals surface area contributed by atoms with Gasteiger partial charge >= 0.3 is 5.97 Å². The van der Waals surface area contributed by atoms with Crippen molar-refractivity contribution >= 4 is 59.9 Å². The lowest BCUT2D eigenvalue weighted by atomic mass is 9.76. The van der Waals surface area contributed by atoms with Crippen LogP contribution >= 0.6 is 0 Å². The summed E-state index contributed by atoms with van der Waals surface area (Å²) in [4.78, 5) is 11.0. The number of hydrogen-bond acceptors (Lipinski definition) is 7.